The highest BCUT2D eigenvalue weighted by Gasteiger charge is 2.19. The topological polar surface area (TPSA) is 75.9 Å². The molecule has 0 spiro atoms. The molecule has 0 radical (unpaired) electrons. The number of esters is 1. The summed E-state index contributed by atoms with van der Waals surface area (Å²) in [6, 6.07) is 10.6. The van der Waals surface area contributed by atoms with E-state index in [1.54, 1.807) is 20.0 Å². The molecule has 0 aliphatic heterocycles. The maximum atomic E-state index is 11.7. The van der Waals surface area contributed by atoms with E-state index < -0.39 is 0 Å². The van der Waals surface area contributed by atoms with Gasteiger partial charge in [-0.3, -0.25) is 4.99 Å². The first kappa shape index (κ1) is 18.0. The van der Waals surface area contributed by atoms with Crippen LogP contribution in [0.5, 0.6) is 0 Å². The van der Waals surface area contributed by atoms with Gasteiger partial charge in [0.15, 0.2) is 5.96 Å². The largest absolute Gasteiger partial charge is 0.465 e. The summed E-state index contributed by atoms with van der Waals surface area (Å²) >= 11 is 0. The van der Waals surface area contributed by atoms with Gasteiger partial charge in [-0.25, -0.2) is 4.79 Å². The summed E-state index contributed by atoms with van der Waals surface area (Å²) in [5, 5.41) is 6.73. The van der Waals surface area contributed by atoms with Crippen LogP contribution in [-0.4, -0.2) is 32.1 Å². The van der Waals surface area contributed by atoms with Crippen molar-refractivity contribution >= 4 is 11.9 Å². The molecule has 0 fully saturated rings. The lowest BCUT2D eigenvalue weighted by Crippen LogP contribution is -2.45. The van der Waals surface area contributed by atoms with Crippen molar-refractivity contribution in [3.8, 4) is 0 Å². The van der Waals surface area contributed by atoms with Crippen molar-refractivity contribution in [1.82, 2.24) is 10.6 Å². The van der Waals surface area contributed by atoms with E-state index in [4.69, 9.17) is 9.15 Å². The zero-order chi connectivity index (χ0) is 18.5. The Morgan fingerprint density at radius 3 is 2.85 bits per heavy atom. The Kier molecular flexibility index (Phi) is 5.61. The van der Waals surface area contributed by atoms with Crippen LogP contribution in [-0.2, 0) is 24.1 Å². The van der Waals surface area contributed by atoms with Crippen molar-refractivity contribution < 1.29 is 13.9 Å². The van der Waals surface area contributed by atoms with Gasteiger partial charge in [-0.15, -0.1) is 0 Å². The maximum Gasteiger partial charge on any atom is 0.341 e. The fourth-order valence-corrected chi connectivity index (χ4v) is 3.32. The second-order valence-corrected chi connectivity index (χ2v) is 6.45. The first-order valence-corrected chi connectivity index (χ1v) is 8.82. The zero-order valence-electron chi connectivity index (χ0n) is 15.5. The molecule has 6 heteroatoms. The molecule has 1 atom stereocenters. The Bertz CT molecular complexity index is 810. The van der Waals surface area contributed by atoms with Crippen LogP contribution >= 0.6 is 0 Å². The number of fused-ring (bicyclic) bond motifs is 1. The monoisotopic (exact) mass is 355 g/mol. The third kappa shape index (κ3) is 4.07. The van der Waals surface area contributed by atoms with Crippen molar-refractivity contribution in [3.05, 3.63) is 58.5 Å². The molecule has 0 bridgehead atoms. The van der Waals surface area contributed by atoms with Gasteiger partial charge >= 0.3 is 5.97 Å². The van der Waals surface area contributed by atoms with Crippen molar-refractivity contribution in [1.29, 1.82) is 0 Å². The summed E-state index contributed by atoms with van der Waals surface area (Å²) < 4.78 is 10.4. The molecule has 26 heavy (non-hydrogen) atoms. The molecular weight excluding hydrogens is 330 g/mol. The van der Waals surface area contributed by atoms with Crippen LogP contribution in [0.2, 0.25) is 0 Å². The average Bonchev–Trinajstić information content (AvgIpc) is 3.05. The molecular formula is C20H25N3O3. The molecule has 3 rings (SSSR count). The van der Waals surface area contributed by atoms with Crippen molar-refractivity contribution in [2.24, 2.45) is 4.99 Å². The zero-order valence-corrected chi connectivity index (χ0v) is 15.5. The van der Waals surface area contributed by atoms with Crippen LogP contribution < -0.4 is 10.6 Å². The predicted molar refractivity (Wildman–Crippen MR) is 100 cm³/mol. The van der Waals surface area contributed by atoms with Crippen LogP contribution in [0.1, 0.15) is 39.4 Å². The van der Waals surface area contributed by atoms with Gasteiger partial charge in [0.1, 0.15) is 17.1 Å². The molecule has 138 valence electrons. The van der Waals surface area contributed by atoms with E-state index in [0.717, 1.165) is 25.2 Å². The number of nitrogens with one attached hydrogen (secondary N) is 2. The normalized spacial score (nSPS) is 16.7. The van der Waals surface area contributed by atoms with Crippen LogP contribution in [0.25, 0.3) is 0 Å². The van der Waals surface area contributed by atoms with E-state index >= 15 is 0 Å². The molecule has 0 saturated heterocycles. The number of hydrogen-bond acceptors (Lipinski definition) is 4. The average molecular weight is 355 g/mol. The van der Waals surface area contributed by atoms with E-state index in [-0.39, 0.29) is 5.97 Å². The highest BCUT2D eigenvalue weighted by atomic mass is 16.5. The van der Waals surface area contributed by atoms with Crippen LogP contribution in [0.3, 0.4) is 0 Å². The number of carbonyl (C=O) groups is 1. The second kappa shape index (κ2) is 8.08. The number of ether oxygens (including phenoxy) is 1. The van der Waals surface area contributed by atoms with Crippen molar-refractivity contribution in [2.75, 3.05) is 14.2 Å². The SMILES string of the molecule is CN=C(NCc1cc(C(=O)OC)c(C)o1)NC1CCc2ccccc2C1. The molecule has 1 heterocycles. The summed E-state index contributed by atoms with van der Waals surface area (Å²) in [6.07, 6.45) is 3.14. The highest BCUT2D eigenvalue weighted by molar-refractivity contribution is 5.90. The maximum absolute atomic E-state index is 11.7. The Hall–Kier alpha value is -2.76. The number of nitrogens with zero attached hydrogens (tertiary/aromatic N) is 1. The second-order valence-electron chi connectivity index (χ2n) is 6.45. The Morgan fingerprint density at radius 2 is 2.12 bits per heavy atom. The molecule has 0 amide bonds. The molecule has 6 nitrogen and oxygen atoms in total. The number of methoxy groups -OCH3 is 1. The summed E-state index contributed by atoms with van der Waals surface area (Å²) in [5.74, 6) is 1.56. The molecule has 1 aliphatic carbocycles. The molecule has 1 unspecified atom stereocenters. The van der Waals surface area contributed by atoms with E-state index in [1.165, 1.54) is 18.2 Å². The highest BCUT2D eigenvalue weighted by Crippen LogP contribution is 2.21. The molecule has 1 aromatic carbocycles. The van der Waals surface area contributed by atoms with E-state index in [2.05, 4.69) is 39.9 Å². The number of aryl methyl sites for hydroxylation is 2. The Balaban J connectivity index is 1.57. The van der Waals surface area contributed by atoms with Gasteiger partial charge in [0, 0.05) is 13.1 Å². The minimum atomic E-state index is -0.388. The van der Waals surface area contributed by atoms with E-state index in [9.17, 15) is 4.79 Å². The Morgan fingerprint density at radius 1 is 1.35 bits per heavy atom. The minimum absolute atomic E-state index is 0.347. The number of aliphatic imine (C=N–C) groups is 1. The third-order valence-electron chi connectivity index (χ3n) is 4.72. The third-order valence-corrected chi connectivity index (χ3v) is 4.72. The van der Waals surface area contributed by atoms with Gasteiger partial charge in [0.25, 0.3) is 0 Å². The van der Waals surface area contributed by atoms with Crippen LogP contribution in [0.15, 0.2) is 39.7 Å². The first-order valence-electron chi connectivity index (χ1n) is 8.82. The van der Waals surface area contributed by atoms with Crippen LogP contribution in [0.4, 0.5) is 0 Å². The van der Waals surface area contributed by atoms with Gasteiger partial charge in [0.05, 0.1) is 13.7 Å². The predicted octanol–water partition coefficient (Wildman–Crippen LogP) is 2.60. The fraction of sp³-hybridized carbons (Fsp3) is 0.400. The standard InChI is InChI=1S/C20H25N3O3/c1-13-18(19(24)25-3)11-17(26-13)12-22-20(21-2)23-16-9-8-14-6-4-5-7-15(14)10-16/h4-7,11,16H,8-10,12H2,1-3H3,(H2,21,22,23). The number of benzene rings is 1. The van der Waals surface area contributed by atoms with Gasteiger partial charge < -0.3 is 19.8 Å². The summed E-state index contributed by atoms with van der Waals surface area (Å²) in [4.78, 5) is 16.0. The summed E-state index contributed by atoms with van der Waals surface area (Å²) in [7, 11) is 3.11. The summed E-state index contributed by atoms with van der Waals surface area (Å²) in [6.45, 7) is 2.20. The number of carbonyl (C=O) groups excluding carboxylic acids is 1. The molecule has 1 aromatic heterocycles. The lowest BCUT2D eigenvalue weighted by molar-refractivity contribution is 0.0599. The van der Waals surface area contributed by atoms with E-state index in [0.29, 0.717) is 29.7 Å². The molecule has 2 N–H and O–H groups in total. The lowest BCUT2D eigenvalue weighted by Gasteiger charge is -2.27. The minimum Gasteiger partial charge on any atom is -0.465 e. The molecule has 2 aromatic rings. The molecule has 0 saturated carbocycles. The van der Waals surface area contributed by atoms with Gasteiger partial charge in [0.2, 0.25) is 0 Å². The van der Waals surface area contributed by atoms with Crippen LogP contribution in [0, 0.1) is 6.92 Å². The fourth-order valence-electron chi connectivity index (χ4n) is 3.32. The lowest BCUT2D eigenvalue weighted by atomic mass is 9.88. The smallest absolute Gasteiger partial charge is 0.341 e. The van der Waals surface area contributed by atoms with Gasteiger partial charge in [-0.05, 0) is 43.4 Å². The van der Waals surface area contributed by atoms with E-state index in [1.807, 2.05) is 0 Å². The first-order chi connectivity index (χ1) is 12.6. The summed E-state index contributed by atoms with van der Waals surface area (Å²) in [5.41, 5.74) is 3.29. The van der Waals surface area contributed by atoms with Gasteiger partial charge in [-0.2, -0.15) is 0 Å². The Labute approximate surface area is 153 Å². The van der Waals surface area contributed by atoms with Crippen molar-refractivity contribution in [2.45, 2.75) is 38.8 Å². The number of rotatable bonds is 4. The number of furan rings is 1. The number of guanidine groups is 1. The van der Waals surface area contributed by atoms with Gasteiger partial charge in [-0.1, -0.05) is 24.3 Å². The van der Waals surface area contributed by atoms with Crippen molar-refractivity contribution in [3.63, 3.8) is 0 Å². The quantitative estimate of drug-likeness (QED) is 0.501. The number of hydrogen-bond donors (Lipinski definition) is 2. The molecule has 1 aliphatic rings.